The van der Waals surface area contributed by atoms with Crippen LogP contribution >= 0.6 is 0 Å². The Kier molecular flexibility index (Phi) is 5.09. The van der Waals surface area contributed by atoms with E-state index in [9.17, 15) is 5.11 Å². The van der Waals surface area contributed by atoms with Crippen molar-refractivity contribution in [2.75, 3.05) is 6.54 Å². The molecule has 1 aromatic carbocycles. The first-order valence-corrected chi connectivity index (χ1v) is 7.62. The van der Waals surface area contributed by atoms with Gasteiger partial charge in [0.25, 0.3) is 0 Å². The molecule has 2 N–H and O–H groups in total. The molecule has 0 aliphatic heterocycles. The second-order valence-corrected chi connectivity index (χ2v) is 5.30. The van der Waals surface area contributed by atoms with Crippen LogP contribution in [-0.2, 0) is 0 Å². The Labute approximate surface area is 135 Å². The van der Waals surface area contributed by atoms with E-state index in [2.05, 4.69) is 27.4 Å². The van der Waals surface area contributed by atoms with E-state index in [4.69, 9.17) is 0 Å². The summed E-state index contributed by atoms with van der Waals surface area (Å²) in [5.41, 5.74) is 2.90. The first-order valence-electron chi connectivity index (χ1n) is 7.62. The van der Waals surface area contributed by atoms with E-state index < -0.39 is 6.10 Å². The monoisotopic (exact) mass is 305 g/mol. The van der Waals surface area contributed by atoms with E-state index in [1.807, 2.05) is 48.5 Å². The Morgan fingerprint density at radius 3 is 2.26 bits per heavy atom. The van der Waals surface area contributed by atoms with Crippen molar-refractivity contribution in [3.63, 3.8) is 0 Å². The molecule has 0 aliphatic carbocycles. The molecule has 0 fully saturated rings. The first kappa shape index (κ1) is 15.3. The number of aromatic nitrogens is 2. The van der Waals surface area contributed by atoms with Crippen LogP contribution < -0.4 is 5.32 Å². The van der Waals surface area contributed by atoms with Gasteiger partial charge < -0.3 is 10.4 Å². The highest BCUT2D eigenvalue weighted by molar-refractivity contribution is 5.27. The zero-order valence-corrected chi connectivity index (χ0v) is 12.7. The average molecular weight is 305 g/mol. The Bertz CT molecular complexity index is 665. The van der Waals surface area contributed by atoms with Crippen molar-refractivity contribution in [1.82, 2.24) is 15.3 Å². The largest absolute Gasteiger partial charge is 0.387 e. The van der Waals surface area contributed by atoms with Gasteiger partial charge in [0.05, 0.1) is 17.8 Å². The Morgan fingerprint density at radius 1 is 0.826 bits per heavy atom. The quantitative estimate of drug-likeness (QED) is 0.735. The summed E-state index contributed by atoms with van der Waals surface area (Å²) < 4.78 is 0. The maximum Gasteiger partial charge on any atom is 0.0915 e. The molecule has 2 heterocycles. The third-order valence-electron chi connectivity index (χ3n) is 3.72. The van der Waals surface area contributed by atoms with Gasteiger partial charge in [-0.15, -0.1) is 0 Å². The lowest BCUT2D eigenvalue weighted by molar-refractivity contribution is 0.171. The lowest BCUT2D eigenvalue weighted by Gasteiger charge is -2.21. The SMILES string of the molecule is OC(CNC(c1ccccc1)c1ccccn1)c1ccncc1. The summed E-state index contributed by atoms with van der Waals surface area (Å²) in [6.07, 6.45) is 4.57. The Balaban J connectivity index is 1.77. The van der Waals surface area contributed by atoms with E-state index in [-0.39, 0.29) is 6.04 Å². The highest BCUT2D eigenvalue weighted by atomic mass is 16.3. The van der Waals surface area contributed by atoms with Gasteiger partial charge in [-0.25, -0.2) is 0 Å². The van der Waals surface area contributed by atoms with Gasteiger partial charge in [0.1, 0.15) is 0 Å². The molecule has 0 amide bonds. The predicted molar refractivity (Wildman–Crippen MR) is 89.7 cm³/mol. The van der Waals surface area contributed by atoms with Crippen molar-refractivity contribution in [2.45, 2.75) is 12.1 Å². The molecule has 116 valence electrons. The van der Waals surface area contributed by atoms with Crippen LogP contribution in [0.4, 0.5) is 0 Å². The van der Waals surface area contributed by atoms with Crippen LogP contribution in [0.25, 0.3) is 0 Å². The summed E-state index contributed by atoms with van der Waals surface area (Å²) in [6, 6.07) is 19.6. The van der Waals surface area contributed by atoms with Crippen molar-refractivity contribution in [3.05, 3.63) is 96.1 Å². The van der Waals surface area contributed by atoms with E-state index in [1.54, 1.807) is 18.6 Å². The number of hydrogen-bond donors (Lipinski definition) is 2. The topological polar surface area (TPSA) is 58.0 Å². The van der Waals surface area contributed by atoms with Crippen LogP contribution in [0.3, 0.4) is 0 Å². The molecular formula is C19H19N3O. The highest BCUT2D eigenvalue weighted by Crippen LogP contribution is 2.21. The van der Waals surface area contributed by atoms with Gasteiger partial charge in [0, 0.05) is 25.1 Å². The minimum atomic E-state index is -0.590. The van der Waals surface area contributed by atoms with Gasteiger partial charge >= 0.3 is 0 Å². The zero-order valence-electron chi connectivity index (χ0n) is 12.7. The molecule has 0 saturated carbocycles. The van der Waals surface area contributed by atoms with Gasteiger partial charge in [0.15, 0.2) is 0 Å². The van der Waals surface area contributed by atoms with Crippen molar-refractivity contribution in [2.24, 2.45) is 0 Å². The normalized spacial score (nSPS) is 13.4. The number of nitrogens with one attached hydrogen (secondary N) is 1. The molecule has 0 aliphatic rings. The summed E-state index contributed by atoms with van der Waals surface area (Å²) in [7, 11) is 0. The molecule has 2 unspecified atom stereocenters. The standard InChI is InChI=1S/C19H19N3O/c23-18(15-9-12-20-13-10-15)14-22-19(16-6-2-1-3-7-16)17-8-4-5-11-21-17/h1-13,18-19,22-23H,14H2. The molecule has 3 aromatic rings. The van der Waals surface area contributed by atoms with Crippen molar-refractivity contribution < 1.29 is 5.11 Å². The van der Waals surface area contributed by atoms with Crippen LogP contribution in [-0.4, -0.2) is 21.6 Å². The van der Waals surface area contributed by atoms with Gasteiger partial charge in [-0.1, -0.05) is 36.4 Å². The van der Waals surface area contributed by atoms with Gasteiger partial charge in [-0.3, -0.25) is 9.97 Å². The van der Waals surface area contributed by atoms with Gasteiger partial charge in [0.2, 0.25) is 0 Å². The lowest BCUT2D eigenvalue weighted by atomic mass is 10.0. The first-order chi connectivity index (χ1) is 11.3. The second-order valence-electron chi connectivity index (χ2n) is 5.30. The number of pyridine rings is 2. The molecule has 0 saturated heterocycles. The van der Waals surface area contributed by atoms with Crippen LogP contribution in [0, 0.1) is 0 Å². The second kappa shape index (κ2) is 7.63. The minimum Gasteiger partial charge on any atom is -0.387 e. The van der Waals surface area contributed by atoms with E-state index >= 15 is 0 Å². The van der Waals surface area contributed by atoms with Crippen LogP contribution in [0.1, 0.15) is 29.0 Å². The molecule has 23 heavy (non-hydrogen) atoms. The van der Waals surface area contributed by atoms with Crippen molar-refractivity contribution in [1.29, 1.82) is 0 Å². The molecule has 0 spiro atoms. The zero-order chi connectivity index (χ0) is 15.9. The average Bonchev–Trinajstić information content (AvgIpc) is 2.64. The Hall–Kier alpha value is -2.56. The molecule has 4 heteroatoms. The third-order valence-corrected chi connectivity index (χ3v) is 3.72. The van der Waals surface area contributed by atoms with Crippen LogP contribution in [0.2, 0.25) is 0 Å². The minimum absolute atomic E-state index is 0.0612. The number of nitrogens with zero attached hydrogens (tertiary/aromatic N) is 2. The highest BCUT2D eigenvalue weighted by Gasteiger charge is 2.16. The fourth-order valence-electron chi connectivity index (χ4n) is 2.52. The fraction of sp³-hybridized carbons (Fsp3) is 0.158. The van der Waals surface area contributed by atoms with Gasteiger partial charge in [-0.2, -0.15) is 0 Å². The van der Waals surface area contributed by atoms with E-state index in [0.717, 1.165) is 16.8 Å². The van der Waals surface area contributed by atoms with Gasteiger partial charge in [-0.05, 0) is 35.4 Å². The number of aliphatic hydroxyl groups excluding tert-OH is 1. The van der Waals surface area contributed by atoms with Crippen LogP contribution in [0.15, 0.2) is 79.3 Å². The molecule has 0 bridgehead atoms. The number of hydrogen-bond acceptors (Lipinski definition) is 4. The van der Waals surface area contributed by atoms with E-state index in [0.29, 0.717) is 6.54 Å². The van der Waals surface area contributed by atoms with Crippen molar-refractivity contribution in [3.8, 4) is 0 Å². The van der Waals surface area contributed by atoms with Crippen LogP contribution in [0.5, 0.6) is 0 Å². The molecular weight excluding hydrogens is 286 g/mol. The summed E-state index contributed by atoms with van der Waals surface area (Å²) in [6.45, 7) is 0.431. The number of rotatable bonds is 6. The molecule has 2 aromatic heterocycles. The molecule has 2 atom stereocenters. The molecule has 0 radical (unpaired) electrons. The smallest absolute Gasteiger partial charge is 0.0915 e. The Morgan fingerprint density at radius 2 is 1.57 bits per heavy atom. The maximum absolute atomic E-state index is 10.4. The maximum atomic E-state index is 10.4. The summed E-state index contributed by atoms with van der Waals surface area (Å²) in [5.74, 6) is 0. The van der Waals surface area contributed by atoms with Crippen molar-refractivity contribution >= 4 is 0 Å². The number of benzene rings is 1. The predicted octanol–water partition coefficient (Wildman–Crippen LogP) is 2.89. The fourth-order valence-corrected chi connectivity index (χ4v) is 2.52. The molecule has 3 rings (SSSR count). The van der Waals surface area contributed by atoms with E-state index in [1.165, 1.54) is 0 Å². The summed E-state index contributed by atoms with van der Waals surface area (Å²) in [5, 5.41) is 13.8. The third kappa shape index (κ3) is 4.00. The molecule has 4 nitrogen and oxygen atoms in total. The number of aliphatic hydroxyl groups is 1. The lowest BCUT2D eigenvalue weighted by Crippen LogP contribution is -2.28. The summed E-state index contributed by atoms with van der Waals surface area (Å²) >= 11 is 0. The summed E-state index contributed by atoms with van der Waals surface area (Å²) in [4.78, 5) is 8.43.